The van der Waals surface area contributed by atoms with Gasteiger partial charge in [0.15, 0.2) is 9.84 Å². The highest BCUT2D eigenvalue weighted by Crippen LogP contribution is 2.20. The van der Waals surface area contributed by atoms with Crippen molar-refractivity contribution >= 4 is 15.7 Å². The topological polar surface area (TPSA) is 96.0 Å². The molecule has 2 rings (SSSR count). The van der Waals surface area contributed by atoms with Gasteiger partial charge in [0.25, 0.3) is 0 Å². The van der Waals surface area contributed by atoms with E-state index in [1.54, 1.807) is 7.05 Å². The number of aromatic amines is 1. The summed E-state index contributed by atoms with van der Waals surface area (Å²) in [6.07, 6.45) is 1.79. The van der Waals surface area contributed by atoms with Crippen molar-refractivity contribution in [3.63, 3.8) is 0 Å². The van der Waals surface area contributed by atoms with E-state index in [9.17, 15) is 13.2 Å². The predicted octanol–water partition coefficient (Wildman–Crippen LogP) is -0.802. The summed E-state index contributed by atoms with van der Waals surface area (Å²) < 4.78 is 22.6. The van der Waals surface area contributed by atoms with Crippen LogP contribution in [0.3, 0.4) is 0 Å². The number of aromatic nitrogens is 3. The molecule has 1 saturated heterocycles. The Morgan fingerprint density at radius 2 is 2.41 bits per heavy atom. The lowest BCUT2D eigenvalue weighted by atomic mass is 10.1. The minimum atomic E-state index is -3.02. The molecule has 0 saturated carbocycles. The molecule has 0 bridgehead atoms. The summed E-state index contributed by atoms with van der Waals surface area (Å²) in [6.45, 7) is 0.315. The average molecular weight is 258 g/mol. The molecular weight excluding hydrogens is 244 g/mol. The van der Waals surface area contributed by atoms with Gasteiger partial charge in [-0.1, -0.05) is 0 Å². The van der Waals surface area contributed by atoms with Crippen molar-refractivity contribution in [2.24, 2.45) is 5.92 Å². The number of hydrogen-bond acceptors (Lipinski definition) is 5. The molecule has 1 aromatic rings. The first-order chi connectivity index (χ1) is 7.98. The van der Waals surface area contributed by atoms with Crippen molar-refractivity contribution in [2.45, 2.75) is 13.0 Å². The van der Waals surface area contributed by atoms with Crippen molar-refractivity contribution in [2.75, 3.05) is 18.6 Å². The van der Waals surface area contributed by atoms with E-state index in [0.717, 1.165) is 0 Å². The molecular formula is C9H14N4O3S. The molecule has 1 aromatic heterocycles. The summed E-state index contributed by atoms with van der Waals surface area (Å²) in [4.78, 5) is 17.4. The van der Waals surface area contributed by atoms with E-state index in [2.05, 4.69) is 15.2 Å². The number of nitrogens with zero attached hydrogens (tertiary/aromatic N) is 3. The van der Waals surface area contributed by atoms with Gasteiger partial charge >= 0.3 is 0 Å². The summed E-state index contributed by atoms with van der Waals surface area (Å²) in [6, 6.07) is 0. The Bertz CT molecular complexity index is 496. The largest absolute Gasteiger partial charge is 0.338 e. The lowest BCUT2D eigenvalue weighted by Gasteiger charge is -2.18. The lowest BCUT2D eigenvalue weighted by molar-refractivity contribution is -0.134. The number of nitrogens with one attached hydrogen (secondary N) is 1. The van der Waals surface area contributed by atoms with Crippen LogP contribution in [0.1, 0.15) is 12.2 Å². The number of H-pyrrole nitrogens is 1. The number of sulfone groups is 1. The fourth-order valence-electron chi connectivity index (χ4n) is 1.91. The second-order valence-corrected chi connectivity index (χ2v) is 6.46. The molecule has 0 aliphatic carbocycles. The summed E-state index contributed by atoms with van der Waals surface area (Å²) in [7, 11) is -1.38. The quantitative estimate of drug-likeness (QED) is 0.765. The molecule has 17 heavy (non-hydrogen) atoms. The predicted molar refractivity (Wildman–Crippen MR) is 59.6 cm³/mol. The van der Waals surface area contributed by atoms with E-state index in [0.29, 0.717) is 18.8 Å². The molecule has 0 radical (unpaired) electrons. The molecule has 1 amide bonds. The van der Waals surface area contributed by atoms with Crippen LogP contribution >= 0.6 is 0 Å². The number of amides is 1. The van der Waals surface area contributed by atoms with Gasteiger partial charge in [-0.15, -0.1) is 0 Å². The zero-order valence-electron chi connectivity index (χ0n) is 9.46. The van der Waals surface area contributed by atoms with Gasteiger partial charge < -0.3 is 4.90 Å². The van der Waals surface area contributed by atoms with E-state index in [1.807, 2.05) is 0 Å². The third-order valence-corrected chi connectivity index (χ3v) is 4.58. The number of carbonyl (C=O) groups excluding carboxylic acids is 1. The minimum absolute atomic E-state index is 0.0351. The van der Waals surface area contributed by atoms with Crippen molar-refractivity contribution < 1.29 is 13.2 Å². The third-order valence-electron chi connectivity index (χ3n) is 2.81. The van der Waals surface area contributed by atoms with Gasteiger partial charge in [0.2, 0.25) is 5.91 Å². The van der Waals surface area contributed by atoms with Gasteiger partial charge in [-0.2, -0.15) is 5.10 Å². The Morgan fingerprint density at radius 1 is 1.65 bits per heavy atom. The van der Waals surface area contributed by atoms with Crippen LogP contribution < -0.4 is 0 Å². The molecule has 94 valence electrons. The Labute approximate surface area is 99.1 Å². The van der Waals surface area contributed by atoms with E-state index in [-0.39, 0.29) is 17.4 Å². The number of rotatable bonds is 3. The first kappa shape index (κ1) is 12.0. The molecule has 1 aliphatic rings. The van der Waals surface area contributed by atoms with Crippen molar-refractivity contribution in [1.29, 1.82) is 0 Å². The van der Waals surface area contributed by atoms with Crippen LogP contribution in [-0.4, -0.2) is 53.0 Å². The highest BCUT2D eigenvalue weighted by molar-refractivity contribution is 7.91. The molecule has 7 nitrogen and oxygen atoms in total. The van der Waals surface area contributed by atoms with Crippen LogP contribution in [-0.2, 0) is 21.2 Å². The number of hydrogen-bond donors (Lipinski definition) is 1. The van der Waals surface area contributed by atoms with Crippen LogP contribution in [0.5, 0.6) is 0 Å². The van der Waals surface area contributed by atoms with Crippen LogP contribution in [0.15, 0.2) is 6.33 Å². The van der Waals surface area contributed by atoms with E-state index in [4.69, 9.17) is 0 Å². The van der Waals surface area contributed by atoms with E-state index < -0.39 is 15.8 Å². The maximum Gasteiger partial charge on any atom is 0.226 e. The maximum absolute atomic E-state index is 12.0. The molecule has 0 aromatic carbocycles. The number of carbonyl (C=O) groups is 1. The Hall–Kier alpha value is -1.44. The molecule has 1 unspecified atom stereocenters. The highest BCUT2D eigenvalue weighted by atomic mass is 32.2. The fraction of sp³-hybridized carbons (Fsp3) is 0.667. The molecule has 1 aliphatic heterocycles. The summed E-state index contributed by atoms with van der Waals surface area (Å²) in [5, 5.41) is 6.34. The first-order valence-electron chi connectivity index (χ1n) is 5.27. The molecule has 2 heterocycles. The van der Waals surface area contributed by atoms with Gasteiger partial charge in [0.05, 0.1) is 24.0 Å². The second kappa shape index (κ2) is 4.44. The van der Waals surface area contributed by atoms with Crippen LogP contribution in [0.25, 0.3) is 0 Å². The van der Waals surface area contributed by atoms with Gasteiger partial charge in [-0.3, -0.25) is 9.89 Å². The van der Waals surface area contributed by atoms with E-state index in [1.165, 1.54) is 11.2 Å². The maximum atomic E-state index is 12.0. The summed E-state index contributed by atoms with van der Waals surface area (Å²) in [5.74, 6) is 0.101. The second-order valence-electron chi connectivity index (χ2n) is 4.23. The van der Waals surface area contributed by atoms with Crippen molar-refractivity contribution in [1.82, 2.24) is 20.1 Å². The molecule has 1 N–H and O–H groups in total. The SMILES string of the molecule is CN(Cc1ncn[nH]1)C(=O)C1CCS(=O)(=O)C1. The minimum Gasteiger partial charge on any atom is -0.338 e. The molecule has 1 fully saturated rings. The monoisotopic (exact) mass is 258 g/mol. The van der Waals surface area contributed by atoms with Crippen molar-refractivity contribution in [3.05, 3.63) is 12.2 Å². The smallest absolute Gasteiger partial charge is 0.226 e. The van der Waals surface area contributed by atoms with E-state index >= 15 is 0 Å². The van der Waals surface area contributed by atoms with Gasteiger partial charge in [-0.05, 0) is 6.42 Å². The van der Waals surface area contributed by atoms with Gasteiger partial charge in [0, 0.05) is 7.05 Å². The molecule has 8 heteroatoms. The van der Waals surface area contributed by atoms with Crippen molar-refractivity contribution in [3.8, 4) is 0 Å². The van der Waals surface area contributed by atoms with Crippen LogP contribution in [0.2, 0.25) is 0 Å². The fourth-order valence-corrected chi connectivity index (χ4v) is 3.64. The highest BCUT2D eigenvalue weighted by Gasteiger charge is 2.34. The third kappa shape index (κ3) is 2.82. The lowest BCUT2D eigenvalue weighted by Crippen LogP contribution is -2.33. The molecule has 1 atom stereocenters. The normalized spacial score (nSPS) is 22.5. The van der Waals surface area contributed by atoms with Gasteiger partial charge in [-0.25, -0.2) is 13.4 Å². The summed E-state index contributed by atoms with van der Waals surface area (Å²) >= 11 is 0. The average Bonchev–Trinajstić information content (AvgIpc) is 2.86. The first-order valence-corrected chi connectivity index (χ1v) is 7.10. The Morgan fingerprint density at radius 3 is 2.94 bits per heavy atom. The van der Waals surface area contributed by atoms with Crippen LogP contribution in [0, 0.1) is 5.92 Å². The zero-order chi connectivity index (χ0) is 12.5. The Balaban J connectivity index is 1.96. The summed E-state index contributed by atoms with van der Waals surface area (Å²) in [5.41, 5.74) is 0. The van der Waals surface area contributed by atoms with Gasteiger partial charge in [0.1, 0.15) is 12.2 Å². The molecule has 0 spiro atoms. The zero-order valence-corrected chi connectivity index (χ0v) is 10.3. The standard InChI is InChI=1S/C9H14N4O3S/c1-13(4-8-10-6-11-12-8)9(14)7-2-3-17(15,16)5-7/h6-7H,2-5H2,1H3,(H,10,11,12). The Kier molecular flexibility index (Phi) is 3.14. The van der Waals surface area contributed by atoms with Crippen LogP contribution in [0.4, 0.5) is 0 Å².